The number of nitrogens with zero attached hydrogens (tertiary/aromatic N) is 1. The molecule has 22 heteroatoms. The highest BCUT2D eigenvalue weighted by Gasteiger charge is 2.48. The number of carbonyl (C=O) groups is 1. The molecule has 19 nitrogen and oxygen atoms in total. The molecule has 34 heavy (non-hydrogen) atoms. The maximum Gasteiger partial charge on any atom is 0.397 e. The van der Waals surface area contributed by atoms with E-state index in [-0.39, 0.29) is 0 Å². The van der Waals surface area contributed by atoms with Crippen LogP contribution in [-0.4, -0.2) is 128 Å². The molecule has 7 atom stereocenters. The van der Waals surface area contributed by atoms with Crippen molar-refractivity contribution < 1.29 is 77.0 Å². The smallest absolute Gasteiger partial charge is 0.397 e. The lowest BCUT2D eigenvalue weighted by Crippen LogP contribution is -2.63. The standard InChI is InChI=1S/C12H22N2O17S3/c15-7-2-14(30-11(9(7)16)12(17)18)1-5-8(4-29-33(22,23)24)28-3-6(13-32(19,20)21)10(5)31-34(25,26)27/h5-11,13,15-16H,1-4H2,(H,17,18)(H,19,20,21)(H,22,23,24)(H,25,26,27)/t5-,6?,7-,8?,9-,10+,11?/m0/s1. The van der Waals surface area contributed by atoms with Crippen LogP contribution in [-0.2, 0) is 53.8 Å². The largest absolute Gasteiger partial charge is 0.479 e. The lowest BCUT2D eigenvalue weighted by Gasteiger charge is -2.44. The Balaban J connectivity index is 2.41. The Morgan fingerprint density at radius 3 is 2.18 bits per heavy atom. The minimum atomic E-state index is -5.32. The molecule has 0 saturated carbocycles. The highest BCUT2D eigenvalue weighted by molar-refractivity contribution is 7.83. The molecule has 0 spiro atoms. The van der Waals surface area contributed by atoms with Crippen LogP contribution in [0.25, 0.3) is 0 Å². The number of aliphatic hydroxyl groups is 2. The van der Waals surface area contributed by atoms with Crippen LogP contribution < -0.4 is 4.72 Å². The van der Waals surface area contributed by atoms with Gasteiger partial charge in [0.2, 0.25) is 6.10 Å². The summed E-state index contributed by atoms with van der Waals surface area (Å²) < 4.78 is 110. The first kappa shape index (κ1) is 29.1. The monoisotopic (exact) mass is 562 g/mol. The molecule has 0 aromatic rings. The van der Waals surface area contributed by atoms with Crippen molar-refractivity contribution in [3.8, 4) is 0 Å². The van der Waals surface area contributed by atoms with Crippen LogP contribution in [0.4, 0.5) is 0 Å². The van der Waals surface area contributed by atoms with Crippen molar-refractivity contribution in [2.75, 3.05) is 26.3 Å². The number of β-amino-alcohol motifs (C(OH)–C–C–N with tert-alkyl or cyclic N) is 1. The fraction of sp³-hybridized carbons (Fsp3) is 0.917. The van der Waals surface area contributed by atoms with Crippen molar-refractivity contribution in [3.63, 3.8) is 0 Å². The van der Waals surface area contributed by atoms with Gasteiger partial charge in [-0.05, 0) is 0 Å². The van der Waals surface area contributed by atoms with Crippen LogP contribution in [0.15, 0.2) is 0 Å². The van der Waals surface area contributed by atoms with E-state index in [0.717, 1.165) is 0 Å². The van der Waals surface area contributed by atoms with Crippen LogP contribution in [0.1, 0.15) is 0 Å². The molecule has 2 rings (SSSR count). The molecule has 0 aromatic carbocycles. The van der Waals surface area contributed by atoms with E-state index in [9.17, 15) is 40.3 Å². The highest BCUT2D eigenvalue weighted by atomic mass is 32.3. The molecule has 3 unspecified atom stereocenters. The molecule has 0 aliphatic carbocycles. The Bertz CT molecular complexity index is 1050. The van der Waals surface area contributed by atoms with Gasteiger partial charge in [-0.25, -0.2) is 13.2 Å². The van der Waals surface area contributed by atoms with Crippen molar-refractivity contribution in [3.05, 3.63) is 0 Å². The zero-order valence-electron chi connectivity index (χ0n) is 16.7. The third-order valence-electron chi connectivity index (χ3n) is 4.72. The summed E-state index contributed by atoms with van der Waals surface area (Å²) in [4.78, 5) is 16.3. The number of hydroxylamine groups is 2. The second-order valence-corrected chi connectivity index (χ2v) is 10.5. The summed E-state index contributed by atoms with van der Waals surface area (Å²) in [6, 6.07) is -1.72. The molecule has 200 valence electrons. The Kier molecular flexibility index (Phi) is 9.31. The lowest BCUT2D eigenvalue weighted by atomic mass is 9.88. The van der Waals surface area contributed by atoms with Gasteiger partial charge in [0.1, 0.15) is 12.2 Å². The van der Waals surface area contributed by atoms with Gasteiger partial charge < -0.3 is 20.1 Å². The van der Waals surface area contributed by atoms with Gasteiger partial charge in [0.25, 0.3) is 0 Å². The minimum absolute atomic E-state index is 0.581. The van der Waals surface area contributed by atoms with E-state index >= 15 is 0 Å². The zero-order valence-corrected chi connectivity index (χ0v) is 19.2. The van der Waals surface area contributed by atoms with E-state index in [1.807, 2.05) is 0 Å². The highest BCUT2D eigenvalue weighted by Crippen LogP contribution is 2.29. The second kappa shape index (κ2) is 10.9. The number of aliphatic carboxylic acids is 1. The lowest BCUT2D eigenvalue weighted by molar-refractivity contribution is -0.288. The van der Waals surface area contributed by atoms with Gasteiger partial charge in [-0.15, -0.1) is 0 Å². The summed E-state index contributed by atoms with van der Waals surface area (Å²) >= 11 is 0. The number of hydrogen-bond acceptors (Lipinski definition) is 14. The Morgan fingerprint density at radius 2 is 1.68 bits per heavy atom. The van der Waals surface area contributed by atoms with Crippen molar-refractivity contribution in [2.24, 2.45) is 5.92 Å². The van der Waals surface area contributed by atoms with Crippen LogP contribution in [0.5, 0.6) is 0 Å². The predicted octanol–water partition coefficient (Wildman–Crippen LogP) is -4.81. The topological polar surface area (TPSA) is 293 Å². The number of ether oxygens (including phenoxy) is 1. The van der Waals surface area contributed by atoms with Crippen molar-refractivity contribution in [1.82, 2.24) is 9.79 Å². The predicted molar refractivity (Wildman–Crippen MR) is 102 cm³/mol. The van der Waals surface area contributed by atoms with Gasteiger partial charge in [0.05, 0.1) is 38.0 Å². The van der Waals surface area contributed by atoms with Crippen LogP contribution in [0.2, 0.25) is 0 Å². The third kappa shape index (κ3) is 8.83. The van der Waals surface area contributed by atoms with Crippen LogP contribution in [0, 0.1) is 5.92 Å². The van der Waals surface area contributed by atoms with Crippen molar-refractivity contribution in [2.45, 2.75) is 36.6 Å². The first-order valence-electron chi connectivity index (χ1n) is 9.01. The van der Waals surface area contributed by atoms with E-state index in [0.29, 0.717) is 5.06 Å². The van der Waals surface area contributed by atoms with E-state index in [4.69, 9.17) is 28.3 Å². The molecular formula is C12H22N2O17S3. The number of rotatable bonds is 10. The summed E-state index contributed by atoms with van der Waals surface area (Å²) in [5, 5.41) is 29.6. The quantitative estimate of drug-likeness (QED) is 0.123. The van der Waals surface area contributed by atoms with E-state index in [1.165, 1.54) is 0 Å². The van der Waals surface area contributed by atoms with Gasteiger partial charge in [0, 0.05) is 12.5 Å². The molecule has 0 bridgehead atoms. The molecule has 0 radical (unpaired) electrons. The average molecular weight is 563 g/mol. The Labute approximate surface area is 192 Å². The van der Waals surface area contributed by atoms with Gasteiger partial charge >= 0.3 is 37.1 Å². The van der Waals surface area contributed by atoms with Crippen LogP contribution >= 0.6 is 0 Å². The molecule has 2 saturated heterocycles. The van der Waals surface area contributed by atoms with Gasteiger partial charge in [-0.2, -0.15) is 35.0 Å². The molecule has 2 aliphatic rings. The van der Waals surface area contributed by atoms with E-state index in [1.54, 1.807) is 4.72 Å². The zero-order chi connectivity index (χ0) is 26.1. The van der Waals surface area contributed by atoms with Crippen molar-refractivity contribution in [1.29, 1.82) is 0 Å². The second-order valence-electron chi connectivity index (χ2n) is 7.21. The molecule has 2 aliphatic heterocycles. The number of carboxylic acid groups (broad SMARTS) is 1. The number of nitrogens with one attached hydrogen (secondary N) is 1. The third-order valence-corrected chi connectivity index (χ3v) is 6.22. The van der Waals surface area contributed by atoms with Gasteiger partial charge in [-0.1, -0.05) is 0 Å². The average Bonchev–Trinajstić information content (AvgIpc) is 2.63. The van der Waals surface area contributed by atoms with E-state index in [2.05, 4.69) is 8.37 Å². The fourth-order valence-electron chi connectivity index (χ4n) is 3.40. The van der Waals surface area contributed by atoms with Gasteiger partial charge in [0.15, 0.2) is 0 Å². The number of hydrogen-bond donors (Lipinski definition) is 7. The van der Waals surface area contributed by atoms with Crippen LogP contribution in [0.3, 0.4) is 0 Å². The number of carboxylic acids is 1. The van der Waals surface area contributed by atoms with Gasteiger partial charge in [-0.3, -0.25) is 18.5 Å². The molecule has 0 amide bonds. The number of aliphatic hydroxyl groups excluding tert-OH is 2. The fourth-order valence-corrected chi connectivity index (χ4v) is 4.85. The summed E-state index contributed by atoms with van der Waals surface area (Å²) in [5.41, 5.74) is 0. The SMILES string of the molecule is O=C(O)C1ON(C[C@H]2C(COS(=O)(=O)O)OCC(NS(=O)(=O)O)[C@@H]2OS(=O)(=O)O)C[C@H](O)[C@@H]1O. The van der Waals surface area contributed by atoms with E-state index < -0.39 is 106 Å². The Hall–Kier alpha value is -1.12. The summed E-state index contributed by atoms with van der Waals surface area (Å²) in [6.07, 6.45) is -9.05. The summed E-state index contributed by atoms with van der Waals surface area (Å²) in [6.45, 7) is -3.05. The van der Waals surface area contributed by atoms with Crippen molar-refractivity contribution >= 4 is 37.1 Å². The first-order chi connectivity index (χ1) is 15.4. The molecule has 2 fully saturated rings. The maximum absolute atomic E-state index is 11.4. The Morgan fingerprint density at radius 1 is 1.06 bits per heavy atom. The first-order valence-corrected chi connectivity index (χ1v) is 13.2. The molecule has 0 aromatic heterocycles. The molecule has 2 heterocycles. The molecular weight excluding hydrogens is 540 g/mol. The summed E-state index contributed by atoms with van der Waals surface area (Å²) in [7, 11) is -15.4. The minimum Gasteiger partial charge on any atom is -0.479 e. The maximum atomic E-state index is 11.4. The molecule has 7 N–H and O–H groups in total. The summed E-state index contributed by atoms with van der Waals surface area (Å²) in [5.74, 6) is -3.26. The normalized spacial score (nSPS) is 34.1.